The predicted octanol–water partition coefficient (Wildman–Crippen LogP) is 3.83. The summed E-state index contributed by atoms with van der Waals surface area (Å²) in [5.41, 5.74) is 2.87. The minimum atomic E-state index is -0.0882. The maximum absolute atomic E-state index is 11.2. The molecule has 152 valence electrons. The number of benzene rings is 2. The number of carbonyl (C=O) groups excluding carboxylic acids is 1. The largest absolute Gasteiger partial charge is 0.497 e. The molecule has 0 aromatic heterocycles. The fraction of sp³-hybridized carbons (Fsp3) is 0.300. The van der Waals surface area contributed by atoms with Gasteiger partial charge in [0, 0.05) is 37.8 Å². The Morgan fingerprint density at radius 2 is 1.96 bits per heavy atom. The van der Waals surface area contributed by atoms with Gasteiger partial charge in [-0.1, -0.05) is 29.8 Å². The average Bonchev–Trinajstić information content (AvgIpc) is 2.65. The van der Waals surface area contributed by atoms with Gasteiger partial charge in [-0.15, -0.1) is 24.0 Å². The summed E-state index contributed by atoms with van der Waals surface area (Å²) in [5, 5.41) is 10.00. The topological polar surface area (TPSA) is 74.8 Å². The molecule has 28 heavy (non-hydrogen) atoms. The number of rotatable bonds is 7. The van der Waals surface area contributed by atoms with E-state index in [1.54, 1.807) is 14.2 Å². The zero-order chi connectivity index (χ0) is 19.6. The number of nitrogens with one attached hydrogen (secondary N) is 3. The van der Waals surface area contributed by atoms with E-state index in [1.165, 1.54) is 6.92 Å². The summed E-state index contributed by atoms with van der Waals surface area (Å²) in [6.07, 6.45) is 0.765. The molecule has 0 saturated heterocycles. The van der Waals surface area contributed by atoms with Gasteiger partial charge in [0.25, 0.3) is 0 Å². The van der Waals surface area contributed by atoms with Gasteiger partial charge in [-0.25, -0.2) is 0 Å². The highest BCUT2D eigenvalue weighted by atomic mass is 127. The van der Waals surface area contributed by atoms with Crippen molar-refractivity contribution in [1.82, 2.24) is 10.6 Å². The molecule has 0 aliphatic heterocycles. The van der Waals surface area contributed by atoms with Gasteiger partial charge in [0.15, 0.2) is 5.96 Å². The Morgan fingerprint density at radius 1 is 1.18 bits per heavy atom. The third kappa shape index (κ3) is 7.93. The molecule has 0 bridgehead atoms. The number of guanidine groups is 1. The number of amides is 1. The number of ether oxygens (including phenoxy) is 1. The lowest BCUT2D eigenvalue weighted by Gasteiger charge is -2.13. The van der Waals surface area contributed by atoms with Crippen LogP contribution in [0.15, 0.2) is 47.5 Å². The molecule has 0 atom stereocenters. The lowest BCUT2D eigenvalue weighted by atomic mass is 10.1. The monoisotopic (exact) mass is 516 g/mol. The van der Waals surface area contributed by atoms with Crippen LogP contribution in [0.3, 0.4) is 0 Å². The molecule has 2 rings (SSSR count). The van der Waals surface area contributed by atoms with E-state index in [1.807, 2.05) is 42.5 Å². The van der Waals surface area contributed by atoms with Gasteiger partial charge in [-0.3, -0.25) is 9.79 Å². The maximum atomic E-state index is 11.2. The van der Waals surface area contributed by atoms with E-state index in [4.69, 9.17) is 16.3 Å². The number of aliphatic imine (C=N–C) groups is 1. The van der Waals surface area contributed by atoms with E-state index in [-0.39, 0.29) is 29.9 Å². The lowest BCUT2D eigenvalue weighted by molar-refractivity contribution is -0.114. The van der Waals surface area contributed by atoms with Crippen molar-refractivity contribution in [2.45, 2.75) is 19.9 Å². The van der Waals surface area contributed by atoms with E-state index in [0.717, 1.165) is 29.0 Å². The summed E-state index contributed by atoms with van der Waals surface area (Å²) < 4.78 is 5.16. The van der Waals surface area contributed by atoms with Crippen LogP contribution in [0.1, 0.15) is 18.1 Å². The van der Waals surface area contributed by atoms with Crippen molar-refractivity contribution in [3.8, 4) is 5.75 Å². The standard InChI is InChI=1S/C20H25ClN4O2.HI/c1-14(26)25-17-6-4-5-15(11-17)13-24-20(22-2)23-10-9-16-7-8-18(27-3)12-19(16)21;/h4-8,11-12H,9-10,13H2,1-3H3,(H,25,26)(H2,22,23,24);1H. The van der Waals surface area contributed by atoms with Crippen LogP contribution in [0.5, 0.6) is 5.75 Å². The third-order valence-corrected chi connectivity index (χ3v) is 4.23. The number of halogens is 2. The Kier molecular flexibility index (Phi) is 10.7. The molecular weight excluding hydrogens is 491 g/mol. The van der Waals surface area contributed by atoms with Gasteiger partial charge in [0.2, 0.25) is 5.91 Å². The van der Waals surface area contributed by atoms with Crippen LogP contribution < -0.4 is 20.7 Å². The van der Waals surface area contributed by atoms with E-state index in [0.29, 0.717) is 24.1 Å². The second kappa shape index (κ2) is 12.5. The van der Waals surface area contributed by atoms with Crippen LogP contribution >= 0.6 is 35.6 Å². The fourth-order valence-electron chi connectivity index (χ4n) is 2.54. The second-order valence-electron chi connectivity index (χ2n) is 5.94. The van der Waals surface area contributed by atoms with Gasteiger partial charge in [0.05, 0.1) is 7.11 Å². The minimum absolute atomic E-state index is 0. The normalized spacial score (nSPS) is 10.6. The van der Waals surface area contributed by atoms with Crippen molar-refractivity contribution in [2.24, 2.45) is 4.99 Å². The van der Waals surface area contributed by atoms with E-state index < -0.39 is 0 Å². The summed E-state index contributed by atoms with van der Waals surface area (Å²) in [6.45, 7) is 2.78. The highest BCUT2D eigenvalue weighted by Gasteiger charge is 2.04. The van der Waals surface area contributed by atoms with Crippen LogP contribution in [-0.4, -0.2) is 32.6 Å². The molecule has 0 heterocycles. The van der Waals surface area contributed by atoms with Crippen molar-refractivity contribution in [3.05, 3.63) is 58.6 Å². The summed E-state index contributed by atoms with van der Waals surface area (Å²) in [4.78, 5) is 15.4. The van der Waals surface area contributed by atoms with Gasteiger partial charge in [0.1, 0.15) is 5.75 Å². The van der Waals surface area contributed by atoms with Crippen LogP contribution in [0, 0.1) is 0 Å². The van der Waals surface area contributed by atoms with Crippen molar-refractivity contribution < 1.29 is 9.53 Å². The van der Waals surface area contributed by atoms with Crippen molar-refractivity contribution in [1.29, 1.82) is 0 Å². The number of nitrogens with zero attached hydrogens (tertiary/aromatic N) is 1. The van der Waals surface area contributed by atoms with E-state index >= 15 is 0 Å². The lowest BCUT2D eigenvalue weighted by Crippen LogP contribution is -2.37. The first-order valence-corrected chi connectivity index (χ1v) is 9.03. The first-order valence-electron chi connectivity index (χ1n) is 8.65. The SMILES string of the molecule is CN=C(NCCc1ccc(OC)cc1Cl)NCc1cccc(NC(C)=O)c1.I. The molecule has 0 aliphatic rings. The first kappa shape index (κ1) is 24.0. The van der Waals surface area contributed by atoms with Gasteiger partial charge in [-0.2, -0.15) is 0 Å². The van der Waals surface area contributed by atoms with E-state index in [2.05, 4.69) is 20.9 Å². The smallest absolute Gasteiger partial charge is 0.221 e. The first-order chi connectivity index (χ1) is 13.0. The average molecular weight is 517 g/mol. The second-order valence-corrected chi connectivity index (χ2v) is 6.35. The number of methoxy groups -OCH3 is 1. The molecule has 0 fully saturated rings. The van der Waals surface area contributed by atoms with Crippen LogP contribution in [0.4, 0.5) is 5.69 Å². The van der Waals surface area contributed by atoms with Crippen molar-refractivity contribution in [2.75, 3.05) is 26.0 Å². The molecule has 2 aromatic rings. The van der Waals surface area contributed by atoms with Gasteiger partial charge >= 0.3 is 0 Å². The Labute approximate surface area is 188 Å². The summed E-state index contributed by atoms with van der Waals surface area (Å²) >= 11 is 6.27. The van der Waals surface area contributed by atoms with Gasteiger partial charge in [-0.05, 0) is 41.8 Å². The molecule has 0 saturated carbocycles. The molecule has 0 unspecified atom stereocenters. The Bertz CT molecular complexity index is 815. The molecule has 6 nitrogen and oxygen atoms in total. The highest BCUT2D eigenvalue weighted by molar-refractivity contribution is 14.0. The minimum Gasteiger partial charge on any atom is -0.497 e. The van der Waals surface area contributed by atoms with Crippen molar-refractivity contribution >= 4 is 53.1 Å². The molecule has 3 N–H and O–H groups in total. The van der Waals surface area contributed by atoms with Crippen LogP contribution in [0.2, 0.25) is 5.02 Å². The van der Waals surface area contributed by atoms with Crippen LogP contribution in [-0.2, 0) is 17.8 Å². The third-order valence-electron chi connectivity index (χ3n) is 3.88. The zero-order valence-corrected chi connectivity index (χ0v) is 19.3. The van der Waals surface area contributed by atoms with E-state index in [9.17, 15) is 4.79 Å². The quantitative estimate of drug-likeness (QED) is 0.297. The molecular formula is C20H26ClIN4O2. The van der Waals surface area contributed by atoms with Crippen LogP contribution in [0.25, 0.3) is 0 Å². The maximum Gasteiger partial charge on any atom is 0.221 e. The highest BCUT2D eigenvalue weighted by Crippen LogP contribution is 2.22. The summed E-state index contributed by atoms with van der Waals surface area (Å²) in [7, 11) is 3.35. The number of anilines is 1. The molecule has 0 radical (unpaired) electrons. The summed E-state index contributed by atoms with van der Waals surface area (Å²) in [5.74, 6) is 1.36. The predicted molar refractivity (Wildman–Crippen MR) is 126 cm³/mol. The zero-order valence-electron chi connectivity index (χ0n) is 16.2. The molecule has 0 spiro atoms. The number of hydrogen-bond donors (Lipinski definition) is 3. The number of carbonyl (C=O) groups is 1. The Morgan fingerprint density at radius 3 is 2.61 bits per heavy atom. The Hall–Kier alpha value is -2.00. The molecule has 2 aromatic carbocycles. The molecule has 0 aliphatic carbocycles. The van der Waals surface area contributed by atoms with Gasteiger partial charge < -0.3 is 20.7 Å². The molecule has 1 amide bonds. The number of hydrogen-bond acceptors (Lipinski definition) is 3. The van der Waals surface area contributed by atoms with Crippen molar-refractivity contribution in [3.63, 3.8) is 0 Å². The fourth-order valence-corrected chi connectivity index (χ4v) is 2.81. The Balaban J connectivity index is 0.00000392. The molecule has 8 heteroatoms. The summed E-state index contributed by atoms with van der Waals surface area (Å²) in [6, 6.07) is 13.4.